The number of carbonyl (C=O) groups is 1. The fourth-order valence-electron chi connectivity index (χ4n) is 5.51. The molecule has 3 aromatic rings. The lowest BCUT2D eigenvalue weighted by Crippen LogP contribution is -2.65. The molecular formula is C27H26FN5O2. The van der Waals surface area contributed by atoms with Crippen LogP contribution in [0.4, 0.5) is 10.1 Å². The number of amides is 1. The van der Waals surface area contributed by atoms with Crippen LogP contribution in [0.1, 0.15) is 34.3 Å². The van der Waals surface area contributed by atoms with E-state index in [1.54, 1.807) is 37.5 Å². The topological polar surface area (TPSA) is 90.3 Å². The molecule has 1 saturated heterocycles. The summed E-state index contributed by atoms with van der Waals surface area (Å²) in [6.45, 7) is 2.48. The first-order valence-electron chi connectivity index (χ1n) is 11.8. The van der Waals surface area contributed by atoms with Gasteiger partial charge in [0, 0.05) is 74.1 Å². The van der Waals surface area contributed by atoms with Gasteiger partial charge in [-0.2, -0.15) is 0 Å². The lowest BCUT2D eigenvalue weighted by molar-refractivity contribution is -0.0269. The van der Waals surface area contributed by atoms with Gasteiger partial charge in [-0.3, -0.25) is 9.78 Å². The zero-order valence-electron chi connectivity index (χ0n) is 19.4. The molecule has 35 heavy (non-hydrogen) atoms. The van der Waals surface area contributed by atoms with Gasteiger partial charge in [0.05, 0.1) is 11.3 Å². The largest absolute Gasteiger partial charge is 0.457 e. The first-order valence-corrected chi connectivity index (χ1v) is 11.8. The molecule has 1 saturated carbocycles. The van der Waals surface area contributed by atoms with Crippen LogP contribution >= 0.6 is 0 Å². The van der Waals surface area contributed by atoms with Gasteiger partial charge >= 0.3 is 0 Å². The van der Waals surface area contributed by atoms with E-state index in [0.29, 0.717) is 40.3 Å². The Morgan fingerprint density at radius 1 is 1.20 bits per heavy atom. The Hall–Kier alpha value is -3.78. The van der Waals surface area contributed by atoms with E-state index in [1.165, 1.54) is 12.3 Å². The van der Waals surface area contributed by atoms with Crippen LogP contribution in [0.3, 0.4) is 0 Å². The summed E-state index contributed by atoms with van der Waals surface area (Å²) in [4.78, 5) is 19.2. The normalized spacial score (nSPS) is 18.1. The summed E-state index contributed by atoms with van der Waals surface area (Å²) in [6, 6.07) is 12.4. The van der Waals surface area contributed by atoms with E-state index < -0.39 is 5.82 Å². The number of aromatic nitrogens is 1. The van der Waals surface area contributed by atoms with Crippen molar-refractivity contribution in [1.82, 2.24) is 15.2 Å². The van der Waals surface area contributed by atoms with Gasteiger partial charge in [-0.05, 0) is 54.2 Å². The fraction of sp³-hybridized carbons (Fsp3) is 0.296. The molecule has 0 radical (unpaired) electrons. The van der Waals surface area contributed by atoms with Crippen molar-refractivity contribution >= 4 is 17.8 Å². The predicted octanol–water partition coefficient (Wildman–Crippen LogP) is 4.43. The zero-order chi connectivity index (χ0) is 24.2. The molecule has 178 valence electrons. The van der Waals surface area contributed by atoms with Crippen molar-refractivity contribution in [3.05, 3.63) is 71.2 Å². The zero-order valence-corrected chi connectivity index (χ0v) is 19.4. The molecule has 1 amide bonds. The van der Waals surface area contributed by atoms with E-state index in [4.69, 9.17) is 10.1 Å². The number of hydrogen-bond acceptors (Lipinski definition) is 6. The number of ether oxygens (including phenoxy) is 1. The van der Waals surface area contributed by atoms with Gasteiger partial charge < -0.3 is 25.7 Å². The van der Waals surface area contributed by atoms with E-state index in [9.17, 15) is 4.79 Å². The number of anilines is 1. The number of benzene rings is 2. The van der Waals surface area contributed by atoms with Gasteiger partial charge in [-0.1, -0.05) is 0 Å². The monoisotopic (exact) mass is 471 g/mol. The number of nitrogens with zero attached hydrogens (tertiary/aromatic N) is 2. The second kappa shape index (κ2) is 8.16. The van der Waals surface area contributed by atoms with Crippen molar-refractivity contribution in [3.63, 3.8) is 0 Å². The van der Waals surface area contributed by atoms with Crippen LogP contribution in [-0.2, 0) is 6.54 Å². The second-order valence-electron chi connectivity index (χ2n) is 9.71. The van der Waals surface area contributed by atoms with E-state index >= 15 is 4.39 Å². The summed E-state index contributed by atoms with van der Waals surface area (Å²) < 4.78 is 21.1. The molecule has 0 bridgehead atoms. The number of halogens is 1. The number of nitrogens with one attached hydrogen (secondary N) is 3. The van der Waals surface area contributed by atoms with Crippen LogP contribution in [0, 0.1) is 16.6 Å². The number of pyridine rings is 1. The van der Waals surface area contributed by atoms with Gasteiger partial charge in [0.25, 0.3) is 5.91 Å². The fourth-order valence-corrected chi connectivity index (χ4v) is 5.51. The molecule has 2 fully saturated rings. The molecule has 1 spiro atoms. The predicted molar refractivity (Wildman–Crippen MR) is 132 cm³/mol. The Labute approximate surface area is 202 Å². The highest BCUT2D eigenvalue weighted by atomic mass is 19.1. The third kappa shape index (κ3) is 3.65. The lowest BCUT2D eigenvalue weighted by Gasteiger charge is -2.56. The Bertz CT molecular complexity index is 1350. The molecule has 3 aliphatic rings. The van der Waals surface area contributed by atoms with Gasteiger partial charge in [-0.25, -0.2) is 4.39 Å². The molecule has 1 aliphatic carbocycles. The number of hydrogen-bond donors (Lipinski definition) is 3. The van der Waals surface area contributed by atoms with E-state index in [-0.39, 0.29) is 17.5 Å². The van der Waals surface area contributed by atoms with Crippen molar-refractivity contribution < 1.29 is 13.9 Å². The summed E-state index contributed by atoms with van der Waals surface area (Å²) in [5, 5.41) is 13.9. The maximum absolute atomic E-state index is 15.1. The average molecular weight is 472 g/mol. The number of rotatable bonds is 6. The molecular weight excluding hydrogens is 445 g/mol. The van der Waals surface area contributed by atoms with E-state index in [2.05, 4.69) is 15.6 Å². The Morgan fingerprint density at radius 3 is 2.71 bits per heavy atom. The molecule has 3 N–H and O–H groups in total. The highest BCUT2D eigenvalue weighted by Gasteiger charge is 2.52. The standard InChI is InChI=1S/C27H26FN5O2/c1-30-23-8-20(3-2-16(23)12-29)35-21-4-5-32-24(9-21)17-6-18-13-33(26(34)25(18)22(28)7-17)19-10-27(11-19)14-31-15-27/h2-9,12,19,29-31H,10-11,13-15H2,1H3. The summed E-state index contributed by atoms with van der Waals surface area (Å²) in [6.07, 6.45) is 4.89. The average Bonchev–Trinajstić information content (AvgIpc) is 3.14. The highest BCUT2D eigenvalue weighted by Crippen LogP contribution is 2.48. The smallest absolute Gasteiger partial charge is 0.257 e. The summed E-state index contributed by atoms with van der Waals surface area (Å²) >= 11 is 0. The minimum absolute atomic E-state index is 0.191. The second-order valence-corrected chi connectivity index (χ2v) is 9.71. The first kappa shape index (κ1) is 21.7. The molecule has 3 heterocycles. The van der Waals surface area contributed by atoms with Crippen molar-refractivity contribution in [2.75, 3.05) is 25.5 Å². The summed E-state index contributed by atoms with van der Waals surface area (Å²) in [5.41, 5.74) is 3.99. The number of carbonyl (C=O) groups excluding carboxylic acids is 1. The third-order valence-electron chi connectivity index (χ3n) is 7.48. The van der Waals surface area contributed by atoms with E-state index in [1.807, 2.05) is 17.0 Å². The van der Waals surface area contributed by atoms with Crippen LogP contribution in [0.5, 0.6) is 11.5 Å². The summed E-state index contributed by atoms with van der Waals surface area (Å²) in [7, 11) is 1.79. The Morgan fingerprint density at radius 2 is 2.00 bits per heavy atom. The van der Waals surface area contributed by atoms with Crippen molar-refractivity contribution in [2.45, 2.75) is 25.4 Å². The quantitative estimate of drug-likeness (QED) is 0.463. The van der Waals surface area contributed by atoms with Crippen LogP contribution in [-0.4, -0.2) is 48.2 Å². The lowest BCUT2D eigenvalue weighted by atomic mass is 9.61. The van der Waals surface area contributed by atoms with Gasteiger partial charge in [-0.15, -0.1) is 0 Å². The minimum atomic E-state index is -0.502. The maximum Gasteiger partial charge on any atom is 0.257 e. The molecule has 2 aromatic carbocycles. The van der Waals surface area contributed by atoms with Crippen LogP contribution in [0.15, 0.2) is 48.7 Å². The molecule has 0 unspecified atom stereocenters. The Kier molecular flexibility index (Phi) is 5.07. The molecule has 8 heteroatoms. The minimum Gasteiger partial charge on any atom is -0.457 e. The SMILES string of the molecule is CNc1cc(Oc2ccnc(-c3cc(F)c4c(c3)CN(C3CC5(CNC5)C3)C4=O)c2)ccc1C=N. The number of fused-ring (bicyclic) bond motifs is 1. The highest BCUT2D eigenvalue weighted by molar-refractivity contribution is 5.99. The molecule has 6 rings (SSSR count). The van der Waals surface area contributed by atoms with E-state index in [0.717, 1.165) is 37.2 Å². The van der Waals surface area contributed by atoms with Gasteiger partial charge in [0.2, 0.25) is 0 Å². The molecule has 7 nitrogen and oxygen atoms in total. The molecule has 1 aromatic heterocycles. The molecule has 2 aliphatic heterocycles. The maximum atomic E-state index is 15.1. The Balaban J connectivity index is 1.24. The summed E-state index contributed by atoms with van der Waals surface area (Å²) in [5.74, 6) is 0.471. The van der Waals surface area contributed by atoms with Gasteiger partial charge in [0.15, 0.2) is 0 Å². The third-order valence-corrected chi connectivity index (χ3v) is 7.48. The van der Waals surface area contributed by atoms with Crippen molar-refractivity contribution in [1.29, 1.82) is 5.41 Å². The van der Waals surface area contributed by atoms with Crippen LogP contribution in [0.2, 0.25) is 0 Å². The van der Waals surface area contributed by atoms with Crippen LogP contribution < -0.4 is 15.4 Å². The van der Waals surface area contributed by atoms with Gasteiger partial charge in [0.1, 0.15) is 17.3 Å². The van der Waals surface area contributed by atoms with Crippen molar-refractivity contribution in [3.8, 4) is 22.8 Å². The van der Waals surface area contributed by atoms with Crippen LogP contribution in [0.25, 0.3) is 11.3 Å². The molecule has 0 atom stereocenters. The van der Waals surface area contributed by atoms with Crippen molar-refractivity contribution in [2.24, 2.45) is 5.41 Å². The first-order chi connectivity index (χ1) is 17.0.